The van der Waals surface area contributed by atoms with Gasteiger partial charge in [-0.2, -0.15) is 0 Å². The van der Waals surface area contributed by atoms with Gasteiger partial charge in [0.05, 0.1) is 10.6 Å². The standard InChI is InChI=1S/C13H10ClO2PS.Na/c1-8-2-4-10-12(6-8)17(15,18)13-7-9(14)3-5-11(13)16-10;/h2-7H,1H3,(H,15,18);/q;+1. The summed E-state index contributed by atoms with van der Waals surface area (Å²) >= 11 is 11.4. The van der Waals surface area contributed by atoms with Crippen LogP contribution in [-0.4, -0.2) is 4.89 Å². The summed E-state index contributed by atoms with van der Waals surface area (Å²) in [6.45, 7) is 1.96. The molecule has 1 heterocycles. The van der Waals surface area contributed by atoms with Crippen molar-refractivity contribution in [3.8, 4) is 11.5 Å². The van der Waals surface area contributed by atoms with E-state index in [9.17, 15) is 4.89 Å². The summed E-state index contributed by atoms with van der Waals surface area (Å²) in [5.74, 6) is 1.24. The van der Waals surface area contributed by atoms with Crippen molar-refractivity contribution in [2.75, 3.05) is 0 Å². The molecule has 19 heavy (non-hydrogen) atoms. The number of benzene rings is 2. The Morgan fingerprint density at radius 3 is 2.37 bits per heavy atom. The Morgan fingerprint density at radius 2 is 1.68 bits per heavy atom. The second-order valence-corrected chi connectivity index (χ2v) is 8.40. The van der Waals surface area contributed by atoms with Crippen LogP contribution in [0.15, 0.2) is 36.4 Å². The van der Waals surface area contributed by atoms with E-state index in [0.29, 0.717) is 27.1 Å². The van der Waals surface area contributed by atoms with Gasteiger partial charge in [-0.1, -0.05) is 35.0 Å². The SMILES string of the molecule is Cc1ccc2c(c1)P(O)(=S)c1cc(Cl)ccc1O2.[Na+]. The zero-order valence-corrected chi connectivity index (χ0v) is 15.0. The first-order chi connectivity index (χ1) is 8.48. The molecule has 1 aliphatic rings. The molecule has 0 bridgehead atoms. The minimum Gasteiger partial charge on any atom is -0.456 e. The third kappa shape index (κ3) is 2.66. The summed E-state index contributed by atoms with van der Waals surface area (Å²) in [5, 5.41) is 1.88. The van der Waals surface area contributed by atoms with Crippen molar-refractivity contribution in [3.63, 3.8) is 0 Å². The quantitative estimate of drug-likeness (QED) is 0.551. The van der Waals surface area contributed by atoms with Gasteiger partial charge in [0, 0.05) is 5.02 Å². The Balaban J connectivity index is 0.00000133. The smallest absolute Gasteiger partial charge is 0.456 e. The van der Waals surface area contributed by atoms with Crippen molar-refractivity contribution < 1.29 is 39.2 Å². The molecule has 0 radical (unpaired) electrons. The van der Waals surface area contributed by atoms with Gasteiger partial charge in [-0.3, -0.25) is 0 Å². The predicted molar refractivity (Wildman–Crippen MR) is 78.5 cm³/mol. The number of fused-ring (bicyclic) bond motifs is 2. The van der Waals surface area contributed by atoms with E-state index in [4.69, 9.17) is 28.1 Å². The van der Waals surface area contributed by atoms with Crippen LogP contribution >= 0.6 is 17.9 Å². The first kappa shape index (κ1) is 15.5. The molecule has 0 spiro atoms. The van der Waals surface area contributed by atoms with Gasteiger partial charge in [0.2, 0.25) is 0 Å². The molecule has 0 fully saturated rings. The van der Waals surface area contributed by atoms with Crippen molar-refractivity contribution >= 4 is 40.3 Å². The van der Waals surface area contributed by atoms with E-state index in [0.717, 1.165) is 5.56 Å². The van der Waals surface area contributed by atoms with Gasteiger partial charge in [-0.25, -0.2) is 0 Å². The summed E-state index contributed by atoms with van der Waals surface area (Å²) in [7, 11) is 0. The molecule has 3 rings (SSSR count). The summed E-state index contributed by atoms with van der Waals surface area (Å²) in [5.41, 5.74) is 1.05. The van der Waals surface area contributed by atoms with Gasteiger partial charge in [-0.15, -0.1) is 0 Å². The molecule has 0 saturated heterocycles. The van der Waals surface area contributed by atoms with Gasteiger partial charge >= 0.3 is 29.6 Å². The molecule has 1 aliphatic heterocycles. The number of hydrogen-bond acceptors (Lipinski definition) is 2. The van der Waals surface area contributed by atoms with Crippen molar-refractivity contribution in [3.05, 3.63) is 47.0 Å². The summed E-state index contributed by atoms with van der Waals surface area (Å²) in [4.78, 5) is 10.7. The monoisotopic (exact) mass is 319 g/mol. The van der Waals surface area contributed by atoms with Crippen LogP contribution in [0.3, 0.4) is 0 Å². The van der Waals surface area contributed by atoms with Gasteiger partial charge < -0.3 is 9.63 Å². The maximum absolute atomic E-state index is 10.7. The van der Waals surface area contributed by atoms with E-state index in [-0.39, 0.29) is 29.6 Å². The van der Waals surface area contributed by atoms with Gasteiger partial charge in [0.15, 0.2) is 0 Å². The van der Waals surface area contributed by atoms with Crippen LogP contribution in [0.4, 0.5) is 0 Å². The molecule has 0 aromatic heterocycles. The Labute approximate surface area is 144 Å². The number of halogens is 1. The fraction of sp³-hybridized carbons (Fsp3) is 0.0769. The zero-order valence-electron chi connectivity index (χ0n) is 10.6. The second kappa shape index (κ2) is 5.50. The number of hydrogen-bond donors (Lipinski definition) is 1. The van der Waals surface area contributed by atoms with Crippen LogP contribution in [0.1, 0.15) is 5.56 Å². The topological polar surface area (TPSA) is 29.5 Å². The third-order valence-electron chi connectivity index (χ3n) is 2.91. The predicted octanol–water partition coefficient (Wildman–Crippen LogP) is 0.0957. The molecule has 1 atom stereocenters. The molecule has 0 aliphatic carbocycles. The fourth-order valence-corrected chi connectivity index (χ4v) is 4.91. The Kier molecular flexibility index (Phi) is 4.49. The summed E-state index contributed by atoms with van der Waals surface area (Å²) in [6.07, 6.45) is -2.80. The van der Waals surface area contributed by atoms with E-state index < -0.39 is 6.26 Å². The first-order valence-corrected chi connectivity index (χ1v) is 8.54. The minimum absolute atomic E-state index is 0. The van der Waals surface area contributed by atoms with E-state index in [2.05, 4.69) is 0 Å². The van der Waals surface area contributed by atoms with Crippen molar-refractivity contribution in [1.29, 1.82) is 0 Å². The van der Waals surface area contributed by atoms with Crippen LogP contribution < -0.4 is 44.9 Å². The molecule has 92 valence electrons. The van der Waals surface area contributed by atoms with E-state index in [1.807, 2.05) is 25.1 Å². The van der Waals surface area contributed by atoms with Crippen molar-refractivity contribution in [1.82, 2.24) is 0 Å². The molecule has 0 saturated carbocycles. The summed E-state index contributed by atoms with van der Waals surface area (Å²) in [6, 6.07) is 10.9. The average molecular weight is 320 g/mol. The Bertz CT molecular complexity index is 650. The molecule has 2 aromatic rings. The van der Waals surface area contributed by atoms with Crippen molar-refractivity contribution in [2.45, 2.75) is 6.92 Å². The maximum Gasteiger partial charge on any atom is 1.00 e. The van der Waals surface area contributed by atoms with Crippen molar-refractivity contribution in [2.24, 2.45) is 0 Å². The van der Waals surface area contributed by atoms with E-state index in [1.54, 1.807) is 18.2 Å². The number of aryl methyl sites for hydroxylation is 1. The molecular weight excluding hydrogens is 310 g/mol. The molecule has 1 N–H and O–H groups in total. The molecular formula is C13H10ClNaO2PS+. The average Bonchev–Trinajstić information content (AvgIpc) is 2.32. The molecule has 6 heteroatoms. The van der Waals surface area contributed by atoms with Crippen LogP contribution in [0.5, 0.6) is 11.5 Å². The van der Waals surface area contributed by atoms with E-state index >= 15 is 0 Å². The maximum atomic E-state index is 10.7. The minimum atomic E-state index is -2.80. The van der Waals surface area contributed by atoms with Gasteiger partial charge in [0.1, 0.15) is 17.8 Å². The van der Waals surface area contributed by atoms with Crippen LogP contribution in [-0.2, 0) is 11.8 Å². The van der Waals surface area contributed by atoms with Gasteiger partial charge in [-0.05, 0) is 37.3 Å². The molecule has 0 amide bonds. The molecule has 2 aromatic carbocycles. The Hall–Kier alpha value is 0.140. The number of ether oxygens (including phenoxy) is 1. The molecule has 1 unspecified atom stereocenters. The second-order valence-electron chi connectivity index (χ2n) is 4.26. The van der Waals surface area contributed by atoms with Crippen LogP contribution in [0, 0.1) is 6.92 Å². The molecule has 2 nitrogen and oxygen atoms in total. The van der Waals surface area contributed by atoms with Crippen LogP contribution in [0.2, 0.25) is 5.02 Å². The first-order valence-electron chi connectivity index (χ1n) is 5.40. The van der Waals surface area contributed by atoms with Crippen LogP contribution in [0.25, 0.3) is 0 Å². The normalized spacial score (nSPS) is 19.7. The zero-order chi connectivity index (χ0) is 12.9. The number of rotatable bonds is 0. The largest absolute Gasteiger partial charge is 1.00 e. The summed E-state index contributed by atoms with van der Waals surface area (Å²) < 4.78 is 5.77. The fourth-order valence-electron chi connectivity index (χ4n) is 2.01. The Morgan fingerprint density at radius 1 is 1.11 bits per heavy atom. The third-order valence-corrected chi connectivity index (χ3v) is 6.33. The van der Waals surface area contributed by atoms with Gasteiger partial charge in [0.25, 0.3) is 0 Å². The van der Waals surface area contributed by atoms with E-state index in [1.165, 1.54) is 0 Å².